The molecule has 2 aliphatic rings. The van der Waals surface area contributed by atoms with Gasteiger partial charge in [-0.2, -0.15) is 0 Å². The zero-order valence-corrected chi connectivity index (χ0v) is 18.0. The number of hydrogen-bond donors (Lipinski definition) is 2. The molecule has 11 heteroatoms. The molecular weight excluding hydrogens is 442 g/mol. The van der Waals surface area contributed by atoms with Crippen LogP contribution in [0.2, 0.25) is 0 Å². The molecule has 2 aliphatic heterocycles. The lowest BCUT2D eigenvalue weighted by atomic mass is 10.1. The number of halogens is 2. The lowest BCUT2D eigenvalue weighted by Crippen LogP contribution is -2.43. The second-order valence-electron chi connectivity index (χ2n) is 8.00. The SMILES string of the molecule is Fc1cnc(Nc2ccc(N3CCNCC3)cn2)nc1-c1cc(F)c2c(c1)-n1cncc1CO2. The standard InChI is InChI=1S/C23H20F2N8O/c24-17-7-14(8-19-22(17)34-12-16-9-27-13-33(16)19)21-18(25)11-29-23(31-21)30-20-2-1-15(10-28-20)32-5-3-26-4-6-32/h1-2,7-11,13,26H,3-6,12H2,(H,28,29,30,31). The number of pyridine rings is 1. The van der Waals surface area contributed by atoms with Gasteiger partial charge >= 0.3 is 0 Å². The maximum atomic E-state index is 14.8. The third kappa shape index (κ3) is 3.69. The Kier molecular flexibility index (Phi) is 5.02. The summed E-state index contributed by atoms with van der Waals surface area (Å²) >= 11 is 0. The van der Waals surface area contributed by atoms with Crippen LogP contribution < -0.4 is 20.3 Å². The number of aromatic nitrogens is 5. The van der Waals surface area contributed by atoms with Crippen LogP contribution in [0.1, 0.15) is 5.69 Å². The fourth-order valence-corrected chi connectivity index (χ4v) is 4.14. The summed E-state index contributed by atoms with van der Waals surface area (Å²) < 4.78 is 36.8. The van der Waals surface area contributed by atoms with E-state index < -0.39 is 11.6 Å². The number of nitrogens with one attached hydrogen (secondary N) is 2. The molecule has 0 unspecified atom stereocenters. The molecule has 1 fully saturated rings. The van der Waals surface area contributed by atoms with Gasteiger partial charge < -0.3 is 20.3 Å². The smallest absolute Gasteiger partial charge is 0.229 e. The Morgan fingerprint density at radius 1 is 1.00 bits per heavy atom. The van der Waals surface area contributed by atoms with Crippen LogP contribution in [0.4, 0.5) is 26.2 Å². The van der Waals surface area contributed by atoms with Crippen LogP contribution in [0.25, 0.3) is 16.9 Å². The molecular formula is C23H20F2N8O. The fraction of sp³-hybridized carbons (Fsp3) is 0.217. The highest BCUT2D eigenvalue weighted by Crippen LogP contribution is 2.36. The van der Waals surface area contributed by atoms with Crippen molar-refractivity contribution in [2.75, 3.05) is 36.4 Å². The van der Waals surface area contributed by atoms with Crippen molar-refractivity contribution in [2.24, 2.45) is 0 Å². The predicted octanol–water partition coefficient (Wildman–Crippen LogP) is 3.05. The molecule has 3 aromatic heterocycles. The number of imidazole rings is 1. The predicted molar refractivity (Wildman–Crippen MR) is 121 cm³/mol. The fourth-order valence-electron chi connectivity index (χ4n) is 4.14. The molecule has 0 saturated carbocycles. The first-order valence-electron chi connectivity index (χ1n) is 10.9. The van der Waals surface area contributed by atoms with E-state index in [2.05, 4.69) is 35.5 Å². The van der Waals surface area contributed by atoms with Crippen LogP contribution in [0.15, 0.2) is 49.2 Å². The first-order valence-corrected chi connectivity index (χ1v) is 10.9. The Bertz CT molecular complexity index is 1350. The summed E-state index contributed by atoms with van der Waals surface area (Å²) in [6.07, 6.45) is 6.04. The van der Waals surface area contributed by atoms with Gasteiger partial charge in [0.15, 0.2) is 17.4 Å². The van der Waals surface area contributed by atoms with Gasteiger partial charge in [-0.25, -0.2) is 28.7 Å². The van der Waals surface area contributed by atoms with E-state index in [1.165, 1.54) is 6.07 Å². The Balaban J connectivity index is 1.29. The summed E-state index contributed by atoms with van der Waals surface area (Å²) in [6, 6.07) is 6.61. The van der Waals surface area contributed by atoms with Crippen LogP contribution in [0, 0.1) is 11.6 Å². The van der Waals surface area contributed by atoms with E-state index in [1.54, 1.807) is 29.4 Å². The first kappa shape index (κ1) is 20.5. The van der Waals surface area contributed by atoms with Crippen molar-refractivity contribution in [1.29, 1.82) is 0 Å². The van der Waals surface area contributed by atoms with Gasteiger partial charge in [0.1, 0.15) is 18.1 Å². The minimum absolute atomic E-state index is 0.0381. The number of benzene rings is 1. The van der Waals surface area contributed by atoms with Gasteiger partial charge in [-0.15, -0.1) is 0 Å². The number of anilines is 3. The Morgan fingerprint density at radius 2 is 1.88 bits per heavy atom. The van der Waals surface area contributed by atoms with Crippen molar-refractivity contribution in [1.82, 2.24) is 29.8 Å². The molecule has 0 amide bonds. The molecule has 34 heavy (non-hydrogen) atoms. The van der Waals surface area contributed by atoms with E-state index in [4.69, 9.17) is 4.74 Å². The van der Waals surface area contributed by atoms with Gasteiger partial charge in [0.2, 0.25) is 5.95 Å². The number of hydrogen-bond acceptors (Lipinski definition) is 8. The molecule has 1 saturated heterocycles. The van der Waals surface area contributed by atoms with Crippen LogP contribution in [0.5, 0.6) is 5.75 Å². The number of rotatable bonds is 4. The molecule has 0 bridgehead atoms. The summed E-state index contributed by atoms with van der Waals surface area (Å²) in [7, 11) is 0. The van der Waals surface area contributed by atoms with E-state index in [0.717, 1.165) is 43.8 Å². The Hall–Kier alpha value is -4.12. The van der Waals surface area contributed by atoms with Crippen molar-refractivity contribution in [3.63, 3.8) is 0 Å². The Morgan fingerprint density at radius 3 is 2.71 bits per heavy atom. The summed E-state index contributed by atoms with van der Waals surface area (Å²) in [6.45, 7) is 3.91. The molecule has 0 atom stereocenters. The van der Waals surface area contributed by atoms with E-state index in [0.29, 0.717) is 11.5 Å². The van der Waals surface area contributed by atoms with Crippen LogP contribution in [-0.2, 0) is 6.61 Å². The lowest BCUT2D eigenvalue weighted by Gasteiger charge is -2.29. The molecule has 0 radical (unpaired) electrons. The molecule has 1 aromatic carbocycles. The zero-order chi connectivity index (χ0) is 23.1. The Labute approximate surface area is 193 Å². The van der Waals surface area contributed by atoms with Crippen molar-refractivity contribution in [3.05, 3.63) is 66.5 Å². The molecule has 2 N–H and O–H groups in total. The second-order valence-corrected chi connectivity index (χ2v) is 8.00. The normalized spacial score (nSPS) is 14.8. The first-order chi connectivity index (χ1) is 16.7. The number of fused-ring (bicyclic) bond motifs is 3. The highest BCUT2D eigenvalue weighted by atomic mass is 19.1. The minimum atomic E-state index is -0.672. The van der Waals surface area contributed by atoms with Crippen LogP contribution in [0.3, 0.4) is 0 Å². The van der Waals surface area contributed by atoms with Crippen molar-refractivity contribution in [2.45, 2.75) is 6.61 Å². The average molecular weight is 462 g/mol. The van der Waals surface area contributed by atoms with Crippen LogP contribution >= 0.6 is 0 Å². The molecule has 5 heterocycles. The van der Waals surface area contributed by atoms with Crippen molar-refractivity contribution >= 4 is 17.5 Å². The van der Waals surface area contributed by atoms with Gasteiger partial charge in [0, 0.05) is 31.7 Å². The summed E-state index contributed by atoms with van der Waals surface area (Å²) in [5, 5.41) is 6.31. The second kappa shape index (κ2) is 8.34. The highest BCUT2D eigenvalue weighted by molar-refractivity contribution is 5.68. The maximum absolute atomic E-state index is 14.8. The summed E-state index contributed by atoms with van der Waals surface area (Å²) in [5.74, 6) is -0.518. The van der Waals surface area contributed by atoms with Gasteiger partial charge in [-0.1, -0.05) is 0 Å². The number of ether oxygens (including phenoxy) is 1. The summed E-state index contributed by atoms with van der Waals surface area (Å²) in [4.78, 5) is 19.1. The van der Waals surface area contributed by atoms with Gasteiger partial charge in [0.05, 0.1) is 42.0 Å². The third-order valence-electron chi connectivity index (χ3n) is 5.85. The zero-order valence-electron chi connectivity index (χ0n) is 18.0. The van der Waals surface area contributed by atoms with E-state index in [9.17, 15) is 8.78 Å². The lowest BCUT2D eigenvalue weighted by molar-refractivity contribution is 0.270. The molecule has 4 aromatic rings. The van der Waals surface area contributed by atoms with E-state index >= 15 is 0 Å². The highest BCUT2D eigenvalue weighted by Gasteiger charge is 2.23. The van der Waals surface area contributed by atoms with Crippen molar-refractivity contribution < 1.29 is 13.5 Å². The topological polar surface area (TPSA) is 93.0 Å². The van der Waals surface area contributed by atoms with Gasteiger partial charge in [-0.05, 0) is 24.3 Å². The van der Waals surface area contributed by atoms with Crippen molar-refractivity contribution in [3.8, 4) is 22.7 Å². The van der Waals surface area contributed by atoms with E-state index in [1.807, 2.05) is 12.1 Å². The third-order valence-corrected chi connectivity index (χ3v) is 5.85. The molecule has 0 aliphatic carbocycles. The van der Waals surface area contributed by atoms with Gasteiger partial charge in [0.25, 0.3) is 0 Å². The van der Waals surface area contributed by atoms with Gasteiger partial charge in [-0.3, -0.25) is 4.57 Å². The monoisotopic (exact) mass is 462 g/mol. The minimum Gasteiger partial charge on any atom is -0.482 e. The number of nitrogens with zero attached hydrogens (tertiary/aromatic N) is 6. The molecule has 172 valence electrons. The summed E-state index contributed by atoms with van der Waals surface area (Å²) in [5.41, 5.74) is 2.45. The molecule has 9 nitrogen and oxygen atoms in total. The molecule has 0 spiro atoms. The largest absolute Gasteiger partial charge is 0.482 e. The maximum Gasteiger partial charge on any atom is 0.229 e. The van der Waals surface area contributed by atoms with E-state index in [-0.39, 0.29) is 29.6 Å². The molecule has 6 rings (SSSR count). The quantitative estimate of drug-likeness (QED) is 0.478. The van der Waals surface area contributed by atoms with Crippen LogP contribution in [-0.4, -0.2) is 50.7 Å². The number of piperazine rings is 1. The average Bonchev–Trinajstić information content (AvgIpc) is 3.36.